The SMILES string of the molecule is CCNc1ncc(C)c(-c2ccsc2)n1. The molecule has 0 aliphatic heterocycles. The van der Waals surface area contributed by atoms with Gasteiger partial charge in [0.25, 0.3) is 0 Å². The van der Waals surface area contributed by atoms with E-state index in [1.807, 2.05) is 20.0 Å². The highest BCUT2D eigenvalue weighted by Gasteiger charge is 2.05. The molecule has 0 fully saturated rings. The van der Waals surface area contributed by atoms with Gasteiger partial charge in [-0.25, -0.2) is 9.97 Å². The van der Waals surface area contributed by atoms with Crippen molar-refractivity contribution in [3.63, 3.8) is 0 Å². The van der Waals surface area contributed by atoms with Gasteiger partial charge in [0.1, 0.15) is 0 Å². The van der Waals surface area contributed by atoms with E-state index in [1.54, 1.807) is 11.3 Å². The molecule has 0 atom stereocenters. The molecule has 0 aromatic carbocycles. The van der Waals surface area contributed by atoms with Crippen molar-refractivity contribution in [2.75, 3.05) is 11.9 Å². The summed E-state index contributed by atoms with van der Waals surface area (Å²) in [4.78, 5) is 8.71. The lowest BCUT2D eigenvalue weighted by molar-refractivity contribution is 1.07. The first-order valence-corrected chi connectivity index (χ1v) is 5.85. The van der Waals surface area contributed by atoms with Gasteiger partial charge in [-0.15, -0.1) is 0 Å². The molecule has 0 spiro atoms. The summed E-state index contributed by atoms with van der Waals surface area (Å²) in [6.07, 6.45) is 1.86. The maximum atomic E-state index is 4.49. The molecule has 0 saturated carbocycles. The van der Waals surface area contributed by atoms with E-state index in [-0.39, 0.29) is 0 Å². The third-order valence-corrected chi connectivity index (χ3v) is 2.78. The summed E-state index contributed by atoms with van der Waals surface area (Å²) in [5, 5.41) is 7.28. The monoisotopic (exact) mass is 219 g/mol. The minimum absolute atomic E-state index is 0.698. The largest absolute Gasteiger partial charge is 0.354 e. The van der Waals surface area contributed by atoms with Gasteiger partial charge in [-0.05, 0) is 30.9 Å². The zero-order chi connectivity index (χ0) is 10.7. The normalized spacial score (nSPS) is 10.3. The van der Waals surface area contributed by atoms with Crippen LogP contribution < -0.4 is 5.32 Å². The summed E-state index contributed by atoms with van der Waals surface area (Å²) in [6, 6.07) is 2.08. The van der Waals surface area contributed by atoms with E-state index in [1.165, 1.54) is 5.56 Å². The third kappa shape index (κ3) is 2.15. The number of aromatic nitrogens is 2. The van der Waals surface area contributed by atoms with Gasteiger partial charge in [0.05, 0.1) is 5.69 Å². The summed E-state index contributed by atoms with van der Waals surface area (Å²) >= 11 is 1.68. The van der Waals surface area contributed by atoms with E-state index in [2.05, 4.69) is 32.1 Å². The number of thiophene rings is 1. The average Bonchev–Trinajstić information content (AvgIpc) is 2.74. The molecule has 0 aliphatic carbocycles. The van der Waals surface area contributed by atoms with Crippen LogP contribution >= 0.6 is 11.3 Å². The van der Waals surface area contributed by atoms with Gasteiger partial charge in [0.15, 0.2) is 0 Å². The molecule has 0 unspecified atom stereocenters. The van der Waals surface area contributed by atoms with Crippen molar-refractivity contribution in [1.82, 2.24) is 9.97 Å². The Morgan fingerprint density at radius 3 is 3.00 bits per heavy atom. The Morgan fingerprint density at radius 1 is 1.47 bits per heavy atom. The summed E-state index contributed by atoms with van der Waals surface area (Å²) in [7, 11) is 0. The Balaban J connectivity index is 2.41. The van der Waals surface area contributed by atoms with Crippen molar-refractivity contribution in [3.05, 3.63) is 28.6 Å². The minimum Gasteiger partial charge on any atom is -0.354 e. The second-order valence-electron chi connectivity index (χ2n) is 3.27. The summed E-state index contributed by atoms with van der Waals surface area (Å²) in [5.74, 6) is 0.698. The molecule has 2 heterocycles. The van der Waals surface area contributed by atoms with E-state index < -0.39 is 0 Å². The number of hydrogen-bond donors (Lipinski definition) is 1. The first-order valence-electron chi connectivity index (χ1n) is 4.91. The predicted octanol–water partition coefficient (Wildman–Crippen LogP) is 2.95. The fourth-order valence-electron chi connectivity index (χ4n) is 1.38. The van der Waals surface area contributed by atoms with Crippen LogP contribution in [0.15, 0.2) is 23.0 Å². The molecular formula is C11H13N3S. The highest BCUT2D eigenvalue weighted by molar-refractivity contribution is 7.08. The molecule has 0 aliphatic rings. The number of anilines is 1. The van der Waals surface area contributed by atoms with E-state index in [4.69, 9.17) is 0 Å². The summed E-state index contributed by atoms with van der Waals surface area (Å²) in [5.41, 5.74) is 3.29. The standard InChI is InChI=1S/C11H13N3S/c1-3-12-11-13-6-8(2)10(14-11)9-4-5-15-7-9/h4-7H,3H2,1-2H3,(H,12,13,14). The van der Waals surface area contributed by atoms with Crippen molar-refractivity contribution in [1.29, 1.82) is 0 Å². The fraction of sp³-hybridized carbons (Fsp3) is 0.273. The van der Waals surface area contributed by atoms with E-state index >= 15 is 0 Å². The lowest BCUT2D eigenvalue weighted by atomic mass is 10.1. The summed E-state index contributed by atoms with van der Waals surface area (Å²) in [6.45, 7) is 4.91. The molecule has 2 aromatic heterocycles. The maximum absolute atomic E-state index is 4.49. The maximum Gasteiger partial charge on any atom is 0.223 e. The fourth-order valence-corrected chi connectivity index (χ4v) is 2.02. The first kappa shape index (κ1) is 10.1. The molecule has 0 bridgehead atoms. The molecule has 3 nitrogen and oxygen atoms in total. The van der Waals surface area contributed by atoms with Crippen LogP contribution in [0.3, 0.4) is 0 Å². The van der Waals surface area contributed by atoms with Crippen molar-refractivity contribution < 1.29 is 0 Å². The van der Waals surface area contributed by atoms with Crippen LogP contribution in [-0.2, 0) is 0 Å². The Bertz CT molecular complexity index is 437. The predicted molar refractivity (Wildman–Crippen MR) is 64.2 cm³/mol. The van der Waals surface area contributed by atoms with Crippen LogP contribution in [0.4, 0.5) is 5.95 Å². The Hall–Kier alpha value is -1.42. The lowest BCUT2D eigenvalue weighted by Crippen LogP contribution is -2.03. The molecule has 1 N–H and O–H groups in total. The highest BCUT2D eigenvalue weighted by Crippen LogP contribution is 2.23. The number of hydrogen-bond acceptors (Lipinski definition) is 4. The van der Waals surface area contributed by atoms with E-state index in [0.717, 1.165) is 17.8 Å². The number of aryl methyl sites for hydroxylation is 1. The van der Waals surface area contributed by atoms with Crippen LogP contribution in [0, 0.1) is 6.92 Å². The quantitative estimate of drug-likeness (QED) is 0.862. The Labute approximate surface area is 93.2 Å². The lowest BCUT2D eigenvalue weighted by Gasteiger charge is -2.06. The zero-order valence-electron chi connectivity index (χ0n) is 8.82. The van der Waals surface area contributed by atoms with Gasteiger partial charge in [-0.1, -0.05) is 0 Å². The van der Waals surface area contributed by atoms with Crippen LogP contribution in [0.25, 0.3) is 11.3 Å². The smallest absolute Gasteiger partial charge is 0.223 e. The Morgan fingerprint density at radius 2 is 2.33 bits per heavy atom. The van der Waals surface area contributed by atoms with Crippen molar-refractivity contribution in [2.45, 2.75) is 13.8 Å². The van der Waals surface area contributed by atoms with Crippen LogP contribution in [0.1, 0.15) is 12.5 Å². The molecule has 4 heteroatoms. The van der Waals surface area contributed by atoms with Crippen LogP contribution in [-0.4, -0.2) is 16.5 Å². The molecule has 2 rings (SSSR count). The molecular weight excluding hydrogens is 206 g/mol. The molecule has 0 saturated heterocycles. The molecule has 15 heavy (non-hydrogen) atoms. The van der Waals surface area contributed by atoms with Crippen LogP contribution in [0.2, 0.25) is 0 Å². The van der Waals surface area contributed by atoms with Crippen molar-refractivity contribution >= 4 is 17.3 Å². The zero-order valence-corrected chi connectivity index (χ0v) is 9.64. The summed E-state index contributed by atoms with van der Waals surface area (Å²) < 4.78 is 0. The highest BCUT2D eigenvalue weighted by atomic mass is 32.1. The number of nitrogens with one attached hydrogen (secondary N) is 1. The minimum atomic E-state index is 0.698. The molecule has 78 valence electrons. The van der Waals surface area contributed by atoms with Gasteiger partial charge in [-0.3, -0.25) is 0 Å². The molecule has 0 amide bonds. The van der Waals surface area contributed by atoms with Crippen molar-refractivity contribution in [3.8, 4) is 11.3 Å². The second-order valence-corrected chi connectivity index (χ2v) is 4.05. The molecule has 0 radical (unpaired) electrons. The second kappa shape index (κ2) is 4.40. The topological polar surface area (TPSA) is 37.8 Å². The van der Waals surface area contributed by atoms with Gasteiger partial charge in [-0.2, -0.15) is 11.3 Å². The van der Waals surface area contributed by atoms with Gasteiger partial charge in [0.2, 0.25) is 5.95 Å². The Kier molecular flexibility index (Phi) is 2.97. The average molecular weight is 219 g/mol. The van der Waals surface area contributed by atoms with E-state index in [0.29, 0.717) is 5.95 Å². The molecule has 2 aromatic rings. The number of rotatable bonds is 3. The van der Waals surface area contributed by atoms with Gasteiger partial charge >= 0.3 is 0 Å². The van der Waals surface area contributed by atoms with Crippen molar-refractivity contribution in [2.24, 2.45) is 0 Å². The van der Waals surface area contributed by atoms with E-state index in [9.17, 15) is 0 Å². The third-order valence-electron chi connectivity index (χ3n) is 2.10. The first-order chi connectivity index (χ1) is 7.31. The van der Waals surface area contributed by atoms with Gasteiger partial charge < -0.3 is 5.32 Å². The van der Waals surface area contributed by atoms with Gasteiger partial charge in [0, 0.05) is 23.7 Å². The van der Waals surface area contributed by atoms with Crippen LogP contribution in [0.5, 0.6) is 0 Å². The number of nitrogens with zero attached hydrogens (tertiary/aromatic N) is 2.